The van der Waals surface area contributed by atoms with Crippen LogP contribution in [0.15, 0.2) is 49.1 Å². The summed E-state index contributed by atoms with van der Waals surface area (Å²) >= 11 is 12.2. The maximum atomic E-state index is 6.24. The summed E-state index contributed by atoms with van der Waals surface area (Å²) in [6.45, 7) is 4.92. The van der Waals surface area contributed by atoms with Crippen LogP contribution in [-0.4, -0.2) is 27.3 Å². The second kappa shape index (κ2) is 9.43. The van der Waals surface area contributed by atoms with Crippen LogP contribution in [0.1, 0.15) is 11.1 Å². The van der Waals surface area contributed by atoms with Gasteiger partial charge in [-0.2, -0.15) is 0 Å². The fourth-order valence-electron chi connectivity index (χ4n) is 2.56. The summed E-state index contributed by atoms with van der Waals surface area (Å²) in [4.78, 5) is 0. The van der Waals surface area contributed by atoms with Crippen molar-refractivity contribution in [1.82, 2.24) is 20.2 Å². The van der Waals surface area contributed by atoms with Crippen LogP contribution in [0.25, 0.3) is 0 Å². The number of benzene rings is 2. The van der Waals surface area contributed by atoms with Crippen molar-refractivity contribution in [2.45, 2.75) is 19.7 Å². The van der Waals surface area contributed by atoms with Crippen LogP contribution in [0.2, 0.25) is 10.0 Å². The Hall–Kier alpha value is -2.77. The maximum Gasteiger partial charge on any atom is 0.243 e. The first-order valence-corrected chi connectivity index (χ1v) is 9.21. The van der Waals surface area contributed by atoms with Crippen molar-refractivity contribution in [2.24, 2.45) is 0 Å². The second-order valence-corrected chi connectivity index (χ2v) is 6.64. The van der Waals surface area contributed by atoms with Gasteiger partial charge in [0, 0.05) is 27.7 Å². The molecule has 0 fully saturated rings. The zero-order valence-electron chi connectivity index (χ0n) is 15.2. The first kappa shape index (κ1) is 20.0. The van der Waals surface area contributed by atoms with Gasteiger partial charge in [0.15, 0.2) is 11.5 Å². The monoisotopic (exact) mass is 419 g/mol. The minimum atomic E-state index is 0.275. The Kier molecular flexibility index (Phi) is 6.73. The Labute approximate surface area is 172 Å². The molecule has 0 aliphatic carbocycles. The molecular formula is C19H19Cl2N5O2. The lowest BCUT2D eigenvalue weighted by Crippen LogP contribution is -2.10. The standard InChI is InChI=1S/C19H19Cl2N5O2/c1-3-9-26-19(23-24-25-26)22-11-13-5-4-6-17(27-2)18(13)28-12-14-7-8-15(20)10-16(14)21/h3-8,10H,1,9,11-12H2,2H3,(H,22,23,25). The smallest absolute Gasteiger partial charge is 0.243 e. The molecular weight excluding hydrogens is 401 g/mol. The quantitative estimate of drug-likeness (QED) is 0.519. The number of anilines is 1. The number of aromatic nitrogens is 4. The van der Waals surface area contributed by atoms with Gasteiger partial charge in [-0.05, 0) is 28.6 Å². The van der Waals surface area contributed by atoms with Gasteiger partial charge in [-0.15, -0.1) is 6.58 Å². The summed E-state index contributed by atoms with van der Waals surface area (Å²) < 4.78 is 13.1. The third kappa shape index (κ3) is 4.74. The fourth-order valence-corrected chi connectivity index (χ4v) is 3.03. The minimum absolute atomic E-state index is 0.275. The number of halogens is 2. The van der Waals surface area contributed by atoms with Crippen molar-refractivity contribution in [3.8, 4) is 11.5 Å². The zero-order chi connectivity index (χ0) is 19.9. The van der Waals surface area contributed by atoms with E-state index in [4.69, 9.17) is 32.7 Å². The Balaban J connectivity index is 1.78. The van der Waals surface area contributed by atoms with Gasteiger partial charge in [-0.25, -0.2) is 4.68 Å². The maximum absolute atomic E-state index is 6.24. The van der Waals surface area contributed by atoms with E-state index in [1.165, 1.54) is 0 Å². The Morgan fingerprint density at radius 1 is 1.21 bits per heavy atom. The van der Waals surface area contributed by atoms with Crippen LogP contribution in [0, 0.1) is 0 Å². The van der Waals surface area contributed by atoms with E-state index in [9.17, 15) is 0 Å². The van der Waals surface area contributed by atoms with Gasteiger partial charge < -0.3 is 14.8 Å². The Morgan fingerprint density at radius 3 is 2.82 bits per heavy atom. The molecule has 0 radical (unpaired) electrons. The molecule has 3 aromatic rings. The van der Waals surface area contributed by atoms with Crippen LogP contribution >= 0.6 is 23.2 Å². The molecule has 7 nitrogen and oxygen atoms in total. The lowest BCUT2D eigenvalue weighted by atomic mass is 10.1. The first-order valence-electron chi connectivity index (χ1n) is 8.46. The summed E-state index contributed by atoms with van der Waals surface area (Å²) in [7, 11) is 1.60. The van der Waals surface area contributed by atoms with Crippen molar-refractivity contribution in [3.63, 3.8) is 0 Å². The van der Waals surface area contributed by atoms with E-state index in [0.717, 1.165) is 11.1 Å². The van der Waals surface area contributed by atoms with Crippen LogP contribution in [0.4, 0.5) is 5.95 Å². The van der Waals surface area contributed by atoms with E-state index >= 15 is 0 Å². The van der Waals surface area contributed by atoms with Crippen molar-refractivity contribution in [3.05, 3.63) is 70.2 Å². The Bertz CT molecular complexity index is 961. The third-order valence-electron chi connectivity index (χ3n) is 3.94. The Morgan fingerprint density at radius 2 is 2.07 bits per heavy atom. The first-order chi connectivity index (χ1) is 13.6. The molecule has 2 aromatic carbocycles. The molecule has 0 saturated heterocycles. The molecule has 0 saturated carbocycles. The summed E-state index contributed by atoms with van der Waals surface area (Å²) in [5.41, 5.74) is 1.71. The van der Waals surface area contributed by atoms with Crippen LogP contribution in [-0.2, 0) is 19.7 Å². The topological polar surface area (TPSA) is 74.1 Å². The normalized spacial score (nSPS) is 10.5. The van der Waals surface area contributed by atoms with E-state index in [-0.39, 0.29) is 6.61 Å². The number of tetrazole rings is 1. The summed E-state index contributed by atoms with van der Waals surface area (Å²) in [5.74, 6) is 1.77. The highest BCUT2D eigenvalue weighted by molar-refractivity contribution is 6.35. The highest BCUT2D eigenvalue weighted by Gasteiger charge is 2.13. The highest BCUT2D eigenvalue weighted by Crippen LogP contribution is 2.33. The van der Waals surface area contributed by atoms with Gasteiger partial charge in [0.25, 0.3) is 0 Å². The molecule has 0 amide bonds. The van der Waals surface area contributed by atoms with Gasteiger partial charge in [-0.3, -0.25) is 0 Å². The molecule has 0 spiro atoms. The predicted molar refractivity (Wildman–Crippen MR) is 109 cm³/mol. The number of rotatable bonds is 9. The molecule has 28 heavy (non-hydrogen) atoms. The van der Waals surface area contributed by atoms with Crippen molar-refractivity contribution in [2.75, 3.05) is 12.4 Å². The van der Waals surface area contributed by atoms with Crippen molar-refractivity contribution < 1.29 is 9.47 Å². The summed E-state index contributed by atoms with van der Waals surface area (Å²) in [5, 5.41) is 15.9. The van der Waals surface area contributed by atoms with E-state index in [1.54, 1.807) is 30.0 Å². The molecule has 0 aliphatic heterocycles. The average Bonchev–Trinajstić information content (AvgIpc) is 3.13. The highest BCUT2D eigenvalue weighted by atomic mass is 35.5. The molecule has 1 N–H and O–H groups in total. The largest absolute Gasteiger partial charge is 0.493 e. The van der Waals surface area contributed by atoms with Gasteiger partial charge in [0.2, 0.25) is 5.95 Å². The van der Waals surface area contributed by atoms with Gasteiger partial charge in [-0.1, -0.05) is 52.6 Å². The predicted octanol–water partition coefficient (Wildman–Crippen LogP) is 4.37. The van der Waals surface area contributed by atoms with Gasteiger partial charge in [0.1, 0.15) is 6.61 Å². The number of hydrogen-bond donors (Lipinski definition) is 1. The van der Waals surface area contributed by atoms with E-state index in [2.05, 4.69) is 27.4 Å². The number of nitrogens with one attached hydrogen (secondary N) is 1. The van der Waals surface area contributed by atoms with E-state index in [1.807, 2.05) is 24.3 Å². The molecule has 1 heterocycles. The lowest BCUT2D eigenvalue weighted by Gasteiger charge is -2.16. The fraction of sp³-hybridized carbons (Fsp3) is 0.211. The molecule has 3 rings (SSSR count). The number of nitrogens with zero attached hydrogens (tertiary/aromatic N) is 4. The molecule has 146 valence electrons. The van der Waals surface area contributed by atoms with E-state index < -0.39 is 0 Å². The molecule has 0 bridgehead atoms. The molecule has 9 heteroatoms. The van der Waals surface area contributed by atoms with Crippen molar-refractivity contribution in [1.29, 1.82) is 0 Å². The molecule has 0 unspecified atom stereocenters. The number of allylic oxidation sites excluding steroid dienone is 1. The molecule has 0 atom stereocenters. The van der Waals surface area contributed by atoms with Crippen LogP contribution < -0.4 is 14.8 Å². The van der Waals surface area contributed by atoms with Crippen LogP contribution in [0.5, 0.6) is 11.5 Å². The second-order valence-electron chi connectivity index (χ2n) is 5.80. The van der Waals surface area contributed by atoms with Crippen LogP contribution in [0.3, 0.4) is 0 Å². The third-order valence-corrected chi connectivity index (χ3v) is 4.53. The van der Waals surface area contributed by atoms with Gasteiger partial charge in [0.05, 0.1) is 13.7 Å². The summed E-state index contributed by atoms with van der Waals surface area (Å²) in [6.07, 6.45) is 1.72. The molecule has 0 aliphatic rings. The zero-order valence-corrected chi connectivity index (χ0v) is 16.7. The number of para-hydroxylation sites is 1. The van der Waals surface area contributed by atoms with E-state index in [0.29, 0.717) is 40.6 Å². The number of ether oxygens (including phenoxy) is 2. The number of hydrogen-bond acceptors (Lipinski definition) is 6. The lowest BCUT2D eigenvalue weighted by molar-refractivity contribution is 0.282. The minimum Gasteiger partial charge on any atom is -0.493 e. The summed E-state index contributed by atoms with van der Waals surface area (Å²) in [6, 6.07) is 11.0. The SMILES string of the molecule is C=CCn1nnnc1NCc1cccc(OC)c1OCc1ccc(Cl)cc1Cl. The van der Waals surface area contributed by atoms with Gasteiger partial charge >= 0.3 is 0 Å². The average molecular weight is 420 g/mol. The number of methoxy groups -OCH3 is 1. The van der Waals surface area contributed by atoms with Crippen molar-refractivity contribution >= 4 is 29.2 Å². The molecule has 1 aromatic heterocycles.